The molecule has 1 amide bonds. The molecule has 0 atom stereocenters. The van der Waals surface area contributed by atoms with Crippen LogP contribution in [0.15, 0.2) is 16.6 Å². The van der Waals surface area contributed by atoms with Crippen molar-refractivity contribution in [2.75, 3.05) is 53.0 Å². The Morgan fingerprint density at radius 2 is 2.00 bits per heavy atom. The van der Waals surface area contributed by atoms with Crippen LogP contribution in [-0.2, 0) is 0 Å². The number of hydrogen-bond acceptors (Lipinski definition) is 5. The highest BCUT2D eigenvalue weighted by Crippen LogP contribution is 2.37. The lowest BCUT2D eigenvalue weighted by atomic mass is 10.1. The zero-order valence-corrected chi connectivity index (χ0v) is 15.8. The summed E-state index contributed by atoms with van der Waals surface area (Å²) in [5.74, 6) is 1.17. The van der Waals surface area contributed by atoms with Gasteiger partial charge in [0.15, 0.2) is 11.5 Å². The zero-order valence-electron chi connectivity index (χ0n) is 14.3. The Bertz CT molecular complexity index is 560. The van der Waals surface area contributed by atoms with Gasteiger partial charge in [0.25, 0.3) is 5.91 Å². The molecule has 1 aromatic carbocycles. The molecule has 1 saturated heterocycles. The molecule has 7 heteroatoms. The molecule has 1 fully saturated rings. The van der Waals surface area contributed by atoms with Crippen molar-refractivity contribution in [1.29, 1.82) is 0 Å². The Morgan fingerprint density at radius 1 is 1.29 bits per heavy atom. The van der Waals surface area contributed by atoms with Gasteiger partial charge < -0.3 is 19.5 Å². The van der Waals surface area contributed by atoms with Gasteiger partial charge >= 0.3 is 0 Å². The van der Waals surface area contributed by atoms with Crippen molar-refractivity contribution >= 4 is 21.8 Å². The molecule has 24 heavy (non-hydrogen) atoms. The predicted octanol–water partition coefficient (Wildman–Crippen LogP) is 2.00. The van der Waals surface area contributed by atoms with E-state index in [0.717, 1.165) is 24.0 Å². The Hall–Kier alpha value is -1.31. The summed E-state index contributed by atoms with van der Waals surface area (Å²) in [6.07, 6.45) is 0.897. The molecule has 1 aromatic rings. The molecule has 1 N–H and O–H groups in total. The van der Waals surface area contributed by atoms with Crippen LogP contribution in [0, 0.1) is 0 Å². The first-order valence-electron chi connectivity index (χ1n) is 8.23. The molecule has 6 nitrogen and oxygen atoms in total. The van der Waals surface area contributed by atoms with Gasteiger partial charge in [0.2, 0.25) is 0 Å². The normalized spacial score (nSPS) is 15.4. The molecule has 1 aliphatic rings. The van der Waals surface area contributed by atoms with Gasteiger partial charge in [-0.25, -0.2) is 0 Å². The number of methoxy groups -OCH3 is 1. The monoisotopic (exact) mass is 400 g/mol. The summed E-state index contributed by atoms with van der Waals surface area (Å²) in [4.78, 5) is 16.7. The van der Waals surface area contributed by atoms with E-state index < -0.39 is 0 Å². The van der Waals surface area contributed by atoms with Crippen LogP contribution in [0.4, 0.5) is 0 Å². The number of carbonyl (C=O) groups is 1. The number of piperazine rings is 1. The summed E-state index contributed by atoms with van der Waals surface area (Å²) < 4.78 is 11.8. The highest BCUT2D eigenvalue weighted by Gasteiger charge is 2.24. The maximum Gasteiger partial charge on any atom is 0.254 e. The number of rotatable bonds is 7. The van der Waals surface area contributed by atoms with Gasteiger partial charge in [0.05, 0.1) is 24.8 Å². The summed E-state index contributed by atoms with van der Waals surface area (Å²) in [5, 5.41) is 8.99. The molecule has 1 aliphatic heterocycles. The van der Waals surface area contributed by atoms with Crippen molar-refractivity contribution in [3.05, 3.63) is 22.2 Å². The van der Waals surface area contributed by atoms with Crippen LogP contribution in [0.5, 0.6) is 11.5 Å². The first-order valence-corrected chi connectivity index (χ1v) is 9.02. The predicted molar refractivity (Wildman–Crippen MR) is 95.9 cm³/mol. The molecule has 134 valence electrons. The van der Waals surface area contributed by atoms with Gasteiger partial charge in [-0.3, -0.25) is 9.69 Å². The minimum atomic E-state index is -0.0142. The van der Waals surface area contributed by atoms with Crippen LogP contribution < -0.4 is 9.47 Å². The number of hydrogen-bond donors (Lipinski definition) is 1. The highest BCUT2D eigenvalue weighted by atomic mass is 79.9. The standard InChI is InChI=1S/C17H25BrN2O4/c1-3-10-24-16-14(18)11-13(12-15(16)23-2)17(22)20-6-4-19(5-7-20)8-9-21/h11-12,21H,3-10H2,1-2H3. The summed E-state index contributed by atoms with van der Waals surface area (Å²) in [6, 6.07) is 3.52. The second kappa shape index (κ2) is 9.25. The summed E-state index contributed by atoms with van der Waals surface area (Å²) in [5.41, 5.74) is 0.582. The smallest absolute Gasteiger partial charge is 0.254 e. The van der Waals surface area contributed by atoms with E-state index in [0.29, 0.717) is 43.3 Å². The van der Waals surface area contributed by atoms with Crippen molar-refractivity contribution in [2.45, 2.75) is 13.3 Å². The number of ether oxygens (including phenoxy) is 2. The average molecular weight is 401 g/mol. The van der Waals surface area contributed by atoms with Crippen molar-refractivity contribution in [2.24, 2.45) is 0 Å². The van der Waals surface area contributed by atoms with Crippen LogP contribution in [0.2, 0.25) is 0 Å². The van der Waals surface area contributed by atoms with Gasteiger partial charge in [-0.15, -0.1) is 0 Å². The fourth-order valence-corrected chi connectivity index (χ4v) is 3.24. The van der Waals surface area contributed by atoms with E-state index in [1.807, 2.05) is 11.8 Å². The molecular weight excluding hydrogens is 376 g/mol. The molecule has 0 saturated carbocycles. The van der Waals surface area contributed by atoms with Crippen molar-refractivity contribution in [1.82, 2.24) is 9.80 Å². The van der Waals surface area contributed by atoms with E-state index in [1.54, 1.807) is 19.2 Å². The van der Waals surface area contributed by atoms with Gasteiger partial charge in [-0.05, 0) is 34.5 Å². The third-order valence-electron chi connectivity index (χ3n) is 4.00. The van der Waals surface area contributed by atoms with Crippen molar-refractivity contribution in [3.8, 4) is 11.5 Å². The largest absolute Gasteiger partial charge is 0.493 e. The topological polar surface area (TPSA) is 62.2 Å². The molecular formula is C17H25BrN2O4. The maximum absolute atomic E-state index is 12.8. The fraction of sp³-hybridized carbons (Fsp3) is 0.588. The number of halogens is 1. The fourth-order valence-electron chi connectivity index (χ4n) is 2.69. The number of amides is 1. The number of β-amino-alcohol motifs (C(OH)–C–C–N with tert-alkyl or cyclic N) is 1. The average Bonchev–Trinajstić information content (AvgIpc) is 2.60. The van der Waals surface area contributed by atoms with Gasteiger partial charge in [-0.1, -0.05) is 6.92 Å². The van der Waals surface area contributed by atoms with E-state index in [9.17, 15) is 4.79 Å². The van der Waals surface area contributed by atoms with Gasteiger partial charge in [0.1, 0.15) is 0 Å². The molecule has 0 spiro atoms. The molecule has 0 unspecified atom stereocenters. The lowest BCUT2D eigenvalue weighted by molar-refractivity contribution is 0.0614. The summed E-state index contributed by atoms with van der Waals surface area (Å²) >= 11 is 3.48. The first kappa shape index (κ1) is 19.0. The number of carbonyl (C=O) groups excluding carboxylic acids is 1. The van der Waals surface area contributed by atoms with Crippen LogP contribution in [-0.4, -0.2) is 73.9 Å². The first-order chi connectivity index (χ1) is 11.6. The van der Waals surface area contributed by atoms with Crippen LogP contribution in [0.1, 0.15) is 23.7 Å². The number of benzene rings is 1. The number of nitrogens with zero attached hydrogens (tertiary/aromatic N) is 2. The molecule has 0 bridgehead atoms. The number of aliphatic hydroxyl groups is 1. The third kappa shape index (κ3) is 4.62. The Labute approximate surface area is 151 Å². The molecule has 0 aliphatic carbocycles. The Kier molecular flexibility index (Phi) is 7.33. The van der Waals surface area contributed by atoms with E-state index in [1.165, 1.54) is 0 Å². The molecule has 0 radical (unpaired) electrons. The second-order valence-corrected chi connectivity index (χ2v) is 6.55. The zero-order chi connectivity index (χ0) is 17.5. The lowest BCUT2D eigenvalue weighted by Crippen LogP contribution is -2.49. The third-order valence-corrected chi connectivity index (χ3v) is 4.59. The Morgan fingerprint density at radius 3 is 2.58 bits per heavy atom. The van der Waals surface area contributed by atoms with Gasteiger partial charge in [-0.2, -0.15) is 0 Å². The van der Waals surface area contributed by atoms with E-state index >= 15 is 0 Å². The number of aliphatic hydroxyl groups excluding tert-OH is 1. The van der Waals surface area contributed by atoms with E-state index in [4.69, 9.17) is 14.6 Å². The van der Waals surface area contributed by atoms with Crippen LogP contribution >= 0.6 is 15.9 Å². The molecule has 1 heterocycles. The Balaban J connectivity index is 2.11. The maximum atomic E-state index is 12.8. The minimum absolute atomic E-state index is 0.0142. The minimum Gasteiger partial charge on any atom is -0.493 e. The van der Waals surface area contributed by atoms with E-state index in [2.05, 4.69) is 20.8 Å². The van der Waals surface area contributed by atoms with E-state index in [-0.39, 0.29) is 12.5 Å². The van der Waals surface area contributed by atoms with Crippen LogP contribution in [0.25, 0.3) is 0 Å². The van der Waals surface area contributed by atoms with Gasteiger partial charge in [0, 0.05) is 38.3 Å². The molecule has 0 aromatic heterocycles. The SMILES string of the molecule is CCCOc1c(Br)cc(C(=O)N2CCN(CCO)CC2)cc1OC. The van der Waals surface area contributed by atoms with Crippen LogP contribution in [0.3, 0.4) is 0 Å². The second-order valence-electron chi connectivity index (χ2n) is 5.70. The quantitative estimate of drug-likeness (QED) is 0.758. The lowest BCUT2D eigenvalue weighted by Gasteiger charge is -2.34. The summed E-state index contributed by atoms with van der Waals surface area (Å²) in [7, 11) is 1.57. The van der Waals surface area contributed by atoms with Crippen molar-refractivity contribution < 1.29 is 19.4 Å². The summed E-state index contributed by atoms with van der Waals surface area (Å²) in [6.45, 7) is 6.32. The highest BCUT2D eigenvalue weighted by molar-refractivity contribution is 9.10. The van der Waals surface area contributed by atoms with Crippen molar-refractivity contribution in [3.63, 3.8) is 0 Å². The molecule has 2 rings (SSSR count).